The maximum absolute atomic E-state index is 5.62. The molecule has 0 radical (unpaired) electrons. The molecular formula is C11H15BrN2S. The summed E-state index contributed by atoms with van der Waals surface area (Å²) in [6.45, 7) is 0.765. The Morgan fingerprint density at radius 1 is 1.60 bits per heavy atom. The van der Waals surface area contributed by atoms with Gasteiger partial charge in [-0.15, -0.1) is 11.8 Å². The lowest BCUT2D eigenvalue weighted by molar-refractivity contribution is 0.633. The molecule has 1 aromatic carbocycles. The van der Waals surface area contributed by atoms with Crippen LogP contribution in [0.2, 0.25) is 0 Å². The monoisotopic (exact) mass is 286 g/mol. The van der Waals surface area contributed by atoms with E-state index in [0.717, 1.165) is 23.2 Å². The van der Waals surface area contributed by atoms with E-state index in [-0.39, 0.29) is 0 Å². The molecule has 82 valence electrons. The Morgan fingerprint density at radius 2 is 2.40 bits per heavy atom. The van der Waals surface area contributed by atoms with Crippen molar-refractivity contribution in [2.24, 2.45) is 5.73 Å². The van der Waals surface area contributed by atoms with E-state index in [1.54, 1.807) is 0 Å². The second-order valence-electron chi connectivity index (χ2n) is 3.77. The van der Waals surface area contributed by atoms with E-state index in [1.165, 1.54) is 10.6 Å². The van der Waals surface area contributed by atoms with Crippen LogP contribution in [0.4, 0.5) is 5.69 Å². The molecule has 0 amide bonds. The molecule has 0 saturated heterocycles. The number of nitrogens with zero attached hydrogens (tertiary/aromatic N) is 1. The van der Waals surface area contributed by atoms with Crippen LogP contribution in [0.5, 0.6) is 0 Å². The standard InChI is InChI=1S/C11H15BrN2S/c1-14-9(4-5-13)7-15-11-6-8(12)2-3-10(11)14/h2-3,6,9H,4-5,7,13H2,1H3. The molecule has 1 aromatic rings. The molecule has 0 aliphatic carbocycles. The van der Waals surface area contributed by atoms with E-state index in [2.05, 4.69) is 46.1 Å². The van der Waals surface area contributed by atoms with Gasteiger partial charge in [-0.25, -0.2) is 0 Å². The fourth-order valence-corrected chi connectivity index (χ4v) is 3.70. The minimum atomic E-state index is 0.577. The predicted molar refractivity (Wildman–Crippen MR) is 70.7 cm³/mol. The Morgan fingerprint density at radius 3 is 3.13 bits per heavy atom. The van der Waals surface area contributed by atoms with Crippen LogP contribution < -0.4 is 10.6 Å². The summed E-state index contributed by atoms with van der Waals surface area (Å²) in [6.07, 6.45) is 1.07. The molecule has 0 fully saturated rings. The van der Waals surface area contributed by atoms with Crippen molar-refractivity contribution in [3.05, 3.63) is 22.7 Å². The highest BCUT2D eigenvalue weighted by atomic mass is 79.9. The van der Waals surface area contributed by atoms with Gasteiger partial charge in [-0.1, -0.05) is 15.9 Å². The zero-order chi connectivity index (χ0) is 10.8. The highest BCUT2D eigenvalue weighted by Gasteiger charge is 2.23. The number of anilines is 1. The Kier molecular flexibility index (Phi) is 3.59. The normalized spacial score (nSPS) is 20.2. The molecule has 1 heterocycles. The van der Waals surface area contributed by atoms with Gasteiger partial charge in [0.05, 0.1) is 5.69 Å². The van der Waals surface area contributed by atoms with Gasteiger partial charge in [-0.05, 0) is 31.2 Å². The van der Waals surface area contributed by atoms with Crippen LogP contribution in [0.25, 0.3) is 0 Å². The van der Waals surface area contributed by atoms with Gasteiger partial charge in [0.2, 0.25) is 0 Å². The topological polar surface area (TPSA) is 29.3 Å². The predicted octanol–water partition coefficient (Wildman–Crippen LogP) is 2.71. The summed E-state index contributed by atoms with van der Waals surface area (Å²) in [5, 5.41) is 0. The van der Waals surface area contributed by atoms with Crippen LogP contribution in [-0.2, 0) is 0 Å². The lowest BCUT2D eigenvalue weighted by Crippen LogP contribution is -2.38. The molecule has 1 aliphatic heterocycles. The molecule has 1 unspecified atom stereocenters. The van der Waals surface area contributed by atoms with Crippen LogP contribution in [0, 0.1) is 0 Å². The third kappa shape index (κ3) is 2.32. The Labute approximate surface area is 103 Å². The highest BCUT2D eigenvalue weighted by Crippen LogP contribution is 2.38. The van der Waals surface area contributed by atoms with Crippen LogP contribution in [0.1, 0.15) is 6.42 Å². The van der Waals surface area contributed by atoms with E-state index < -0.39 is 0 Å². The number of fused-ring (bicyclic) bond motifs is 1. The summed E-state index contributed by atoms with van der Waals surface area (Å²) < 4.78 is 1.15. The summed E-state index contributed by atoms with van der Waals surface area (Å²) in [5.41, 5.74) is 6.95. The van der Waals surface area contributed by atoms with Crippen LogP contribution >= 0.6 is 27.7 Å². The lowest BCUT2D eigenvalue weighted by Gasteiger charge is -2.35. The van der Waals surface area contributed by atoms with E-state index in [1.807, 2.05) is 11.8 Å². The van der Waals surface area contributed by atoms with Gasteiger partial charge in [0.1, 0.15) is 0 Å². The third-order valence-corrected chi connectivity index (χ3v) is 4.46. The smallest absolute Gasteiger partial charge is 0.0505 e. The molecule has 0 aromatic heterocycles. The SMILES string of the molecule is CN1c2ccc(Br)cc2SCC1CCN. The largest absolute Gasteiger partial charge is 0.370 e. The zero-order valence-corrected chi connectivity index (χ0v) is 11.1. The maximum Gasteiger partial charge on any atom is 0.0505 e. The molecule has 15 heavy (non-hydrogen) atoms. The summed E-state index contributed by atoms with van der Waals surface area (Å²) >= 11 is 5.43. The van der Waals surface area contributed by atoms with Gasteiger partial charge in [0.15, 0.2) is 0 Å². The second-order valence-corrected chi connectivity index (χ2v) is 5.74. The number of hydrogen-bond acceptors (Lipinski definition) is 3. The summed E-state index contributed by atoms with van der Waals surface area (Å²) in [6, 6.07) is 7.04. The molecule has 2 nitrogen and oxygen atoms in total. The number of rotatable bonds is 2. The Bertz CT molecular complexity index is 356. The highest BCUT2D eigenvalue weighted by molar-refractivity contribution is 9.10. The van der Waals surface area contributed by atoms with Crippen molar-refractivity contribution in [1.82, 2.24) is 0 Å². The molecule has 4 heteroatoms. The Balaban J connectivity index is 2.26. The van der Waals surface area contributed by atoms with Gasteiger partial charge >= 0.3 is 0 Å². The average molecular weight is 287 g/mol. The van der Waals surface area contributed by atoms with Crippen molar-refractivity contribution in [1.29, 1.82) is 0 Å². The van der Waals surface area contributed by atoms with Gasteiger partial charge in [0.25, 0.3) is 0 Å². The molecule has 0 bridgehead atoms. The summed E-state index contributed by atoms with van der Waals surface area (Å²) in [5.74, 6) is 1.14. The molecule has 0 saturated carbocycles. The van der Waals surface area contributed by atoms with Crippen LogP contribution in [-0.4, -0.2) is 25.4 Å². The fraction of sp³-hybridized carbons (Fsp3) is 0.455. The first-order chi connectivity index (χ1) is 7.22. The van der Waals surface area contributed by atoms with E-state index >= 15 is 0 Å². The van der Waals surface area contributed by atoms with Crippen molar-refractivity contribution in [2.45, 2.75) is 17.4 Å². The Hall–Kier alpha value is -0.190. The van der Waals surface area contributed by atoms with Crippen molar-refractivity contribution < 1.29 is 0 Å². The van der Waals surface area contributed by atoms with Crippen LogP contribution in [0.15, 0.2) is 27.6 Å². The summed E-state index contributed by atoms with van der Waals surface area (Å²) in [4.78, 5) is 3.71. The van der Waals surface area contributed by atoms with Crippen molar-refractivity contribution in [2.75, 3.05) is 24.2 Å². The number of hydrogen-bond donors (Lipinski definition) is 1. The number of halogens is 1. The molecule has 0 spiro atoms. The third-order valence-electron chi connectivity index (χ3n) is 2.78. The van der Waals surface area contributed by atoms with Crippen molar-refractivity contribution in [3.8, 4) is 0 Å². The number of thioether (sulfide) groups is 1. The molecular weight excluding hydrogens is 272 g/mol. The minimum Gasteiger partial charge on any atom is -0.370 e. The molecule has 2 rings (SSSR count). The minimum absolute atomic E-state index is 0.577. The van der Waals surface area contributed by atoms with Crippen molar-refractivity contribution in [3.63, 3.8) is 0 Å². The lowest BCUT2D eigenvalue weighted by atomic mass is 10.1. The van der Waals surface area contributed by atoms with E-state index in [9.17, 15) is 0 Å². The number of nitrogens with two attached hydrogens (primary N) is 1. The van der Waals surface area contributed by atoms with Gasteiger partial charge in [-0.3, -0.25) is 0 Å². The first-order valence-corrected chi connectivity index (χ1v) is 6.85. The van der Waals surface area contributed by atoms with Gasteiger partial charge < -0.3 is 10.6 Å². The quantitative estimate of drug-likeness (QED) is 0.907. The zero-order valence-electron chi connectivity index (χ0n) is 8.74. The van der Waals surface area contributed by atoms with Gasteiger partial charge in [-0.2, -0.15) is 0 Å². The van der Waals surface area contributed by atoms with E-state index in [0.29, 0.717) is 6.04 Å². The summed E-state index contributed by atoms with van der Waals surface area (Å²) in [7, 11) is 2.16. The fourth-order valence-electron chi connectivity index (χ4n) is 1.86. The van der Waals surface area contributed by atoms with Gasteiger partial charge in [0, 0.05) is 28.2 Å². The van der Waals surface area contributed by atoms with Crippen LogP contribution in [0.3, 0.4) is 0 Å². The number of benzene rings is 1. The first kappa shape index (κ1) is 11.3. The molecule has 2 N–H and O–H groups in total. The second kappa shape index (κ2) is 4.76. The van der Waals surface area contributed by atoms with Crippen molar-refractivity contribution >= 4 is 33.4 Å². The average Bonchev–Trinajstić information content (AvgIpc) is 2.22. The first-order valence-electron chi connectivity index (χ1n) is 5.07. The molecule has 1 atom stereocenters. The maximum atomic E-state index is 5.62. The van der Waals surface area contributed by atoms with E-state index in [4.69, 9.17) is 5.73 Å². The molecule has 1 aliphatic rings.